The first-order valence-electron chi connectivity index (χ1n) is 4.10. The van der Waals surface area contributed by atoms with Crippen molar-refractivity contribution in [2.75, 3.05) is 21.3 Å². The summed E-state index contributed by atoms with van der Waals surface area (Å²) >= 11 is 2.23. The van der Waals surface area contributed by atoms with Gasteiger partial charge in [0, 0.05) is 11.6 Å². The molecular formula is C10H13IO3. The number of rotatable bonds is 3. The molecule has 0 aromatic heterocycles. The summed E-state index contributed by atoms with van der Waals surface area (Å²) in [5.74, 6) is 2.26. The third-order valence-corrected chi connectivity index (χ3v) is 3.36. The van der Waals surface area contributed by atoms with Crippen molar-refractivity contribution in [3.63, 3.8) is 0 Å². The average molecular weight is 308 g/mol. The summed E-state index contributed by atoms with van der Waals surface area (Å²) in [6, 6.07) is 1.83. The van der Waals surface area contributed by atoms with Gasteiger partial charge in [0.15, 0.2) is 11.5 Å². The zero-order valence-corrected chi connectivity index (χ0v) is 10.8. The zero-order chi connectivity index (χ0) is 10.7. The van der Waals surface area contributed by atoms with Gasteiger partial charge in [-0.2, -0.15) is 0 Å². The van der Waals surface area contributed by atoms with Crippen molar-refractivity contribution in [2.45, 2.75) is 6.92 Å². The molecule has 0 aliphatic carbocycles. The molecule has 0 fully saturated rings. The first kappa shape index (κ1) is 11.4. The van der Waals surface area contributed by atoms with Gasteiger partial charge < -0.3 is 14.2 Å². The van der Waals surface area contributed by atoms with Gasteiger partial charge in [0.05, 0.1) is 24.9 Å². The molecule has 1 aromatic carbocycles. The highest BCUT2D eigenvalue weighted by Crippen LogP contribution is 2.39. The van der Waals surface area contributed by atoms with Crippen molar-refractivity contribution in [1.82, 2.24) is 0 Å². The van der Waals surface area contributed by atoms with Crippen molar-refractivity contribution in [3.05, 3.63) is 15.2 Å². The molecule has 0 radical (unpaired) electrons. The van der Waals surface area contributed by atoms with E-state index in [0.29, 0.717) is 5.75 Å². The topological polar surface area (TPSA) is 27.7 Å². The van der Waals surface area contributed by atoms with Crippen LogP contribution in [0.25, 0.3) is 0 Å². The van der Waals surface area contributed by atoms with Gasteiger partial charge in [0.1, 0.15) is 5.75 Å². The molecule has 0 heterocycles. The molecule has 3 nitrogen and oxygen atoms in total. The van der Waals surface area contributed by atoms with Crippen molar-refractivity contribution in [2.24, 2.45) is 0 Å². The van der Waals surface area contributed by atoms with Crippen LogP contribution in [0.5, 0.6) is 17.2 Å². The average Bonchev–Trinajstić information content (AvgIpc) is 2.21. The van der Waals surface area contributed by atoms with E-state index in [1.165, 1.54) is 0 Å². The predicted octanol–water partition coefficient (Wildman–Crippen LogP) is 2.63. The normalized spacial score (nSPS) is 9.79. The molecule has 4 heteroatoms. The molecule has 0 N–H and O–H groups in total. The van der Waals surface area contributed by atoms with E-state index in [9.17, 15) is 0 Å². The first-order chi connectivity index (χ1) is 6.65. The maximum atomic E-state index is 5.26. The third-order valence-electron chi connectivity index (χ3n) is 2.02. The van der Waals surface area contributed by atoms with Crippen LogP contribution in [0, 0.1) is 10.5 Å². The first-order valence-corrected chi connectivity index (χ1v) is 5.18. The Morgan fingerprint density at radius 2 is 1.57 bits per heavy atom. The van der Waals surface area contributed by atoms with Crippen LogP contribution in [0.4, 0.5) is 0 Å². The van der Waals surface area contributed by atoms with E-state index in [-0.39, 0.29) is 0 Å². The van der Waals surface area contributed by atoms with E-state index in [4.69, 9.17) is 14.2 Å². The van der Waals surface area contributed by atoms with Gasteiger partial charge in [-0.05, 0) is 29.5 Å². The minimum atomic E-state index is 0.697. The Morgan fingerprint density at radius 1 is 1.00 bits per heavy atom. The molecular weight excluding hydrogens is 295 g/mol. The second-order valence-electron chi connectivity index (χ2n) is 2.75. The van der Waals surface area contributed by atoms with E-state index in [1.54, 1.807) is 21.3 Å². The summed E-state index contributed by atoms with van der Waals surface area (Å²) in [5.41, 5.74) is 1.03. The van der Waals surface area contributed by atoms with Gasteiger partial charge in [0.2, 0.25) is 0 Å². The van der Waals surface area contributed by atoms with Crippen LogP contribution in [0.3, 0.4) is 0 Å². The van der Waals surface area contributed by atoms with Crippen LogP contribution in [0.2, 0.25) is 0 Å². The van der Waals surface area contributed by atoms with Crippen molar-refractivity contribution in [1.29, 1.82) is 0 Å². The lowest BCUT2D eigenvalue weighted by atomic mass is 10.2. The smallest absolute Gasteiger partial charge is 0.164 e. The summed E-state index contributed by atoms with van der Waals surface area (Å²) in [6.45, 7) is 1.98. The molecule has 1 aromatic rings. The van der Waals surface area contributed by atoms with Crippen LogP contribution in [-0.2, 0) is 0 Å². The summed E-state index contributed by atoms with van der Waals surface area (Å²) in [5, 5.41) is 0. The van der Waals surface area contributed by atoms with Crippen molar-refractivity contribution in [3.8, 4) is 17.2 Å². The van der Waals surface area contributed by atoms with Gasteiger partial charge >= 0.3 is 0 Å². The van der Waals surface area contributed by atoms with E-state index < -0.39 is 0 Å². The largest absolute Gasteiger partial charge is 0.495 e. The molecule has 0 aliphatic heterocycles. The number of ether oxygens (including phenoxy) is 3. The number of halogens is 1. The van der Waals surface area contributed by atoms with Gasteiger partial charge in [-0.15, -0.1) is 0 Å². The molecule has 0 bridgehead atoms. The van der Waals surface area contributed by atoms with Gasteiger partial charge in [0.25, 0.3) is 0 Å². The summed E-state index contributed by atoms with van der Waals surface area (Å²) < 4.78 is 16.7. The summed E-state index contributed by atoms with van der Waals surface area (Å²) in [6.07, 6.45) is 0. The molecule has 0 spiro atoms. The molecule has 0 saturated heterocycles. The quantitative estimate of drug-likeness (QED) is 0.804. The summed E-state index contributed by atoms with van der Waals surface area (Å²) in [4.78, 5) is 0. The molecule has 0 aliphatic rings. The zero-order valence-electron chi connectivity index (χ0n) is 8.68. The highest BCUT2D eigenvalue weighted by atomic mass is 127. The Hall–Kier alpha value is -0.650. The van der Waals surface area contributed by atoms with E-state index in [2.05, 4.69) is 22.6 Å². The fourth-order valence-electron chi connectivity index (χ4n) is 1.27. The lowest BCUT2D eigenvalue weighted by Gasteiger charge is -2.14. The fourth-order valence-corrected chi connectivity index (χ4v) is 1.89. The number of benzene rings is 1. The third kappa shape index (κ3) is 1.89. The van der Waals surface area contributed by atoms with E-state index in [0.717, 1.165) is 20.6 Å². The Labute approximate surface area is 97.5 Å². The van der Waals surface area contributed by atoms with Crippen LogP contribution in [-0.4, -0.2) is 21.3 Å². The van der Waals surface area contributed by atoms with Gasteiger partial charge in [-0.3, -0.25) is 0 Å². The Morgan fingerprint density at radius 3 is 2.00 bits per heavy atom. The standard InChI is InChI=1S/C10H13IO3/c1-6-9(11)7(12-2)5-8(13-3)10(6)14-4/h5H,1-4H3. The van der Waals surface area contributed by atoms with Crippen LogP contribution < -0.4 is 14.2 Å². The molecule has 1 rings (SSSR count). The maximum absolute atomic E-state index is 5.26. The predicted molar refractivity (Wildman–Crippen MR) is 63.6 cm³/mol. The molecule has 0 unspecified atom stereocenters. The lowest BCUT2D eigenvalue weighted by molar-refractivity contribution is 0.346. The van der Waals surface area contributed by atoms with Gasteiger partial charge in [-0.1, -0.05) is 0 Å². The number of hydrogen-bond donors (Lipinski definition) is 0. The number of methoxy groups -OCH3 is 3. The molecule has 0 saturated carbocycles. The maximum Gasteiger partial charge on any atom is 0.164 e. The van der Waals surface area contributed by atoms with Crippen LogP contribution in [0.15, 0.2) is 6.07 Å². The molecule has 0 atom stereocenters. The van der Waals surface area contributed by atoms with E-state index in [1.807, 2.05) is 13.0 Å². The summed E-state index contributed by atoms with van der Waals surface area (Å²) in [7, 11) is 4.89. The van der Waals surface area contributed by atoms with Crippen LogP contribution in [0.1, 0.15) is 5.56 Å². The number of hydrogen-bond acceptors (Lipinski definition) is 3. The van der Waals surface area contributed by atoms with Crippen LogP contribution >= 0.6 is 22.6 Å². The molecule has 78 valence electrons. The SMILES string of the molecule is COc1cc(OC)c(OC)c(C)c1I. The molecule has 14 heavy (non-hydrogen) atoms. The Bertz CT molecular complexity index is 337. The highest BCUT2D eigenvalue weighted by molar-refractivity contribution is 14.1. The second kappa shape index (κ2) is 4.72. The minimum absolute atomic E-state index is 0.697. The lowest BCUT2D eigenvalue weighted by Crippen LogP contribution is -1.98. The van der Waals surface area contributed by atoms with Gasteiger partial charge in [-0.25, -0.2) is 0 Å². The highest BCUT2D eigenvalue weighted by Gasteiger charge is 2.14. The Kier molecular flexibility index (Phi) is 3.86. The Balaban J connectivity index is 3.38. The van der Waals surface area contributed by atoms with E-state index >= 15 is 0 Å². The molecule has 0 amide bonds. The monoisotopic (exact) mass is 308 g/mol. The minimum Gasteiger partial charge on any atom is -0.495 e. The van der Waals surface area contributed by atoms with Crippen molar-refractivity contribution < 1.29 is 14.2 Å². The second-order valence-corrected chi connectivity index (χ2v) is 3.83. The van der Waals surface area contributed by atoms with Crippen molar-refractivity contribution >= 4 is 22.6 Å². The fraction of sp³-hybridized carbons (Fsp3) is 0.400.